The number of aromatic hydroxyl groups is 1. The highest BCUT2D eigenvalue weighted by Crippen LogP contribution is 2.30. The smallest absolute Gasteiger partial charge is 0.163 e. The summed E-state index contributed by atoms with van der Waals surface area (Å²) in [5.74, 6) is 0.385. The number of phenols is 1. The largest absolute Gasteiger partial charge is 0.507 e. The van der Waals surface area contributed by atoms with Crippen molar-refractivity contribution in [2.45, 2.75) is 20.0 Å². The van der Waals surface area contributed by atoms with Crippen molar-refractivity contribution >= 4 is 5.78 Å². The van der Waals surface area contributed by atoms with Crippen molar-refractivity contribution in [3.63, 3.8) is 0 Å². The molecule has 0 atom stereocenters. The van der Waals surface area contributed by atoms with E-state index in [-0.39, 0.29) is 17.1 Å². The van der Waals surface area contributed by atoms with Gasteiger partial charge in [0.1, 0.15) is 18.1 Å². The Morgan fingerprint density at radius 3 is 2.62 bits per heavy atom. The summed E-state index contributed by atoms with van der Waals surface area (Å²) >= 11 is 0. The van der Waals surface area contributed by atoms with Gasteiger partial charge in [0.2, 0.25) is 0 Å². The molecule has 0 aliphatic rings. The first-order valence-corrected chi connectivity index (χ1v) is 6.76. The molecule has 0 saturated carbocycles. The fraction of sp³-hybridized carbons (Fsp3) is 0.167. The highest BCUT2D eigenvalue weighted by molar-refractivity contribution is 5.97. The molecule has 2 rings (SSSR count). The number of benzene rings is 2. The van der Waals surface area contributed by atoms with Crippen LogP contribution in [-0.2, 0) is 13.0 Å². The average molecular weight is 282 g/mol. The number of Topliss-reactive ketones (excluding diaryl/α,β-unsaturated/α-hetero) is 1. The van der Waals surface area contributed by atoms with E-state index in [1.165, 1.54) is 6.92 Å². The molecule has 0 aliphatic carbocycles. The summed E-state index contributed by atoms with van der Waals surface area (Å²) in [5.41, 5.74) is 1.96. The lowest BCUT2D eigenvalue weighted by Crippen LogP contribution is -2.00. The van der Waals surface area contributed by atoms with Gasteiger partial charge in [-0.2, -0.15) is 0 Å². The van der Waals surface area contributed by atoms with Gasteiger partial charge < -0.3 is 9.84 Å². The zero-order valence-corrected chi connectivity index (χ0v) is 12.0. The number of hydrogen-bond acceptors (Lipinski definition) is 3. The van der Waals surface area contributed by atoms with E-state index in [2.05, 4.69) is 6.58 Å². The van der Waals surface area contributed by atoms with Gasteiger partial charge in [-0.15, -0.1) is 6.58 Å². The first kappa shape index (κ1) is 14.9. The van der Waals surface area contributed by atoms with Gasteiger partial charge in [0.05, 0.1) is 5.56 Å². The molecule has 21 heavy (non-hydrogen) atoms. The Hall–Kier alpha value is -2.55. The molecule has 0 aromatic heterocycles. The van der Waals surface area contributed by atoms with Crippen LogP contribution in [0.5, 0.6) is 11.5 Å². The molecule has 0 bridgehead atoms. The van der Waals surface area contributed by atoms with Gasteiger partial charge in [0, 0.05) is 5.56 Å². The maximum atomic E-state index is 11.6. The van der Waals surface area contributed by atoms with Gasteiger partial charge in [0.15, 0.2) is 5.78 Å². The molecule has 0 spiro atoms. The molecular weight excluding hydrogens is 264 g/mol. The summed E-state index contributed by atoms with van der Waals surface area (Å²) in [6.07, 6.45) is 2.16. The molecule has 0 heterocycles. The molecule has 1 N–H and O–H groups in total. The van der Waals surface area contributed by atoms with Crippen LogP contribution in [-0.4, -0.2) is 10.9 Å². The molecular formula is C18H18O3. The SMILES string of the molecule is C=CCc1cc(OCc2ccccc2)cc(C(C)=O)c1O. The molecule has 0 unspecified atom stereocenters. The maximum absolute atomic E-state index is 11.6. The van der Waals surface area contributed by atoms with Gasteiger partial charge in [-0.05, 0) is 31.0 Å². The summed E-state index contributed by atoms with van der Waals surface area (Å²) in [7, 11) is 0. The van der Waals surface area contributed by atoms with E-state index in [1.54, 1.807) is 18.2 Å². The molecule has 0 saturated heterocycles. The molecule has 108 valence electrons. The van der Waals surface area contributed by atoms with E-state index in [0.717, 1.165) is 5.56 Å². The Labute approximate surface area is 124 Å². The number of ether oxygens (including phenoxy) is 1. The van der Waals surface area contributed by atoms with Crippen LogP contribution < -0.4 is 4.74 Å². The van der Waals surface area contributed by atoms with Crippen LogP contribution in [0.25, 0.3) is 0 Å². The number of ketones is 1. The number of phenolic OH excluding ortho intramolecular Hbond substituents is 1. The first-order chi connectivity index (χ1) is 10.1. The Morgan fingerprint density at radius 1 is 1.29 bits per heavy atom. The molecule has 0 aliphatic heterocycles. The van der Waals surface area contributed by atoms with E-state index in [1.807, 2.05) is 30.3 Å². The Bertz CT molecular complexity index is 645. The van der Waals surface area contributed by atoms with Crippen molar-refractivity contribution in [2.24, 2.45) is 0 Å². The second-order valence-corrected chi connectivity index (χ2v) is 4.80. The molecule has 0 fully saturated rings. The van der Waals surface area contributed by atoms with Gasteiger partial charge in [0.25, 0.3) is 0 Å². The zero-order valence-electron chi connectivity index (χ0n) is 12.0. The van der Waals surface area contributed by atoms with Crippen molar-refractivity contribution in [3.05, 3.63) is 71.8 Å². The van der Waals surface area contributed by atoms with Crippen molar-refractivity contribution in [3.8, 4) is 11.5 Å². The van der Waals surface area contributed by atoms with E-state index in [4.69, 9.17) is 4.74 Å². The van der Waals surface area contributed by atoms with Crippen LogP contribution in [0.3, 0.4) is 0 Å². The minimum atomic E-state index is -0.192. The first-order valence-electron chi connectivity index (χ1n) is 6.76. The van der Waals surface area contributed by atoms with Crippen molar-refractivity contribution < 1.29 is 14.6 Å². The maximum Gasteiger partial charge on any atom is 0.163 e. The normalized spacial score (nSPS) is 10.1. The predicted octanol–water partition coefficient (Wildman–Crippen LogP) is 3.90. The number of allylic oxidation sites excluding steroid dienone is 1. The molecule has 3 nitrogen and oxygen atoms in total. The Kier molecular flexibility index (Phi) is 4.77. The van der Waals surface area contributed by atoms with Gasteiger partial charge in [-0.3, -0.25) is 4.79 Å². The van der Waals surface area contributed by atoms with Crippen LogP contribution >= 0.6 is 0 Å². The lowest BCUT2D eigenvalue weighted by atomic mass is 10.0. The van der Waals surface area contributed by atoms with Crippen molar-refractivity contribution in [2.75, 3.05) is 0 Å². The molecule has 0 amide bonds. The fourth-order valence-corrected chi connectivity index (χ4v) is 2.07. The minimum Gasteiger partial charge on any atom is -0.507 e. The third-order valence-corrected chi connectivity index (χ3v) is 3.15. The van der Waals surface area contributed by atoms with Crippen molar-refractivity contribution in [1.82, 2.24) is 0 Å². The van der Waals surface area contributed by atoms with Gasteiger partial charge in [-0.1, -0.05) is 36.4 Å². The summed E-state index contributed by atoms with van der Waals surface area (Å²) in [6, 6.07) is 13.1. The molecule has 0 radical (unpaired) electrons. The monoisotopic (exact) mass is 282 g/mol. The number of carbonyl (C=O) groups excluding carboxylic acids is 1. The third-order valence-electron chi connectivity index (χ3n) is 3.15. The van der Waals surface area contributed by atoms with E-state index in [9.17, 15) is 9.90 Å². The average Bonchev–Trinajstić information content (AvgIpc) is 2.49. The highest BCUT2D eigenvalue weighted by atomic mass is 16.5. The number of hydrogen-bond donors (Lipinski definition) is 1. The summed E-state index contributed by atoms with van der Waals surface area (Å²) in [5, 5.41) is 10.1. The fourth-order valence-electron chi connectivity index (χ4n) is 2.07. The van der Waals surface area contributed by atoms with Crippen molar-refractivity contribution in [1.29, 1.82) is 0 Å². The number of carbonyl (C=O) groups is 1. The second-order valence-electron chi connectivity index (χ2n) is 4.80. The molecule has 2 aromatic carbocycles. The van der Waals surface area contributed by atoms with E-state index < -0.39 is 0 Å². The topological polar surface area (TPSA) is 46.5 Å². The van der Waals surface area contributed by atoms with Crippen LogP contribution in [0.2, 0.25) is 0 Å². The lowest BCUT2D eigenvalue weighted by molar-refractivity contribution is 0.101. The number of rotatable bonds is 6. The lowest BCUT2D eigenvalue weighted by Gasteiger charge is -2.12. The Balaban J connectivity index is 2.26. The second kappa shape index (κ2) is 6.75. The summed E-state index contributed by atoms with van der Waals surface area (Å²) in [4.78, 5) is 11.6. The zero-order chi connectivity index (χ0) is 15.2. The summed E-state index contributed by atoms with van der Waals surface area (Å²) in [6.45, 7) is 5.50. The standard InChI is InChI=1S/C18H18O3/c1-3-7-15-10-16(11-17(13(2)19)18(15)20)21-12-14-8-5-4-6-9-14/h3-6,8-11,20H,1,7,12H2,2H3. The van der Waals surface area contributed by atoms with E-state index in [0.29, 0.717) is 24.3 Å². The van der Waals surface area contributed by atoms with E-state index >= 15 is 0 Å². The van der Waals surface area contributed by atoms with Crippen LogP contribution in [0, 0.1) is 0 Å². The molecule has 2 aromatic rings. The predicted molar refractivity (Wildman–Crippen MR) is 82.8 cm³/mol. The van der Waals surface area contributed by atoms with Gasteiger partial charge in [-0.25, -0.2) is 0 Å². The molecule has 3 heteroatoms. The summed E-state index contributed by atoms with van der Waals surface area (Å²) < 4.78 is 5.73. The quantitative estimate of drug-likeness (QED) is 0.645. The Morgan fingerprint density at radius 2 is 2.00 bits per heavy atom. The van der Waals surface area contributed by atoms with Crippen LogP contribution in [0.1, 0.15) is 28.4 Å². The van der Waals surface area contributed by atoms with Crippen LogP contribution in [0.4, 0.5) is 0 Å². The van der Waals surface area contributed by atoms with Gasteiger partial charge >= 0.3 is 0 Å². The van der Waals surface area contributed by atoms with Crippen LogP contribution in [0.15, 0.2) is 55.1 Å². The minimum absolute atomic E-state index is 0.00876. The third kappa shape index (κ3) is 3.72. The highest BCUT2D eigenvalue weighted by Gasteiger charge is 2.13.